The summed E-state index contributed by atoms with van der Waals surface area (Å²) in [6.07, 6.45) is 8.42. The Labute approximate surface area is 152 Å². The number of fused-ring (bicyclic) bond motifs is 1. The average Bonchev–Trinajstić information content (AvgIpc) is 3.04. The lowest BCUT2D eigenvalue weighted by Gasteiger charge is -2.41. The minimum absolute atomic E-state index is 0.222. The highest BCUT2D eigenvalue weighted by atomic mass is 19.1. The first-order valence-electron chi connectivity index (χ1n) is 9.62. The lowest BCUT2D eigenvalue weighted by molar-refractivity contribution is 0.0929. The molecule has 1 saturated heterocycles. The molecule has 3 heterocycles. The van der Waals surface area contributed by atoms with Crippen LogP contribution in [0.15, 0.2) is 42.6 Å². The van der Waals surface area contributed by atoms with Crippen LogP contribution in [0.4, 0.5) is 4.39 Å². The third-order valence-electron chi connectivity index (χ3n) is 5.91. The maximum absolute atomic E-state index is 13.5. The Morgan fingerprint density at radius 3 is 2.73 bits per heavy atom. The summed E-state index contributed by atoms with van der Waals surface area (Å²) in [5.41, 5.74) is 2.67. The van der Waals surface area contributed by atoms with E-state index in [1.54, 1.807) is 12.1 Å². The summed E-state index contributed by atoms with van der Waals surface area (Å²) in [4.78, 5) is 7.42. The van der Waals surface area contributed by atoms with E-state index in [1.807, 2.05) is 28.9 Å². The summed E-state index contributed by atoms with van der Waals surface area (Å²) in [6.45, 7) is 2.30. The Balaban J connectivity index is 1.42. The van der Waals surface area contributed by atoms with Crippen molar-refractivity contribution < 1.29 is 4.39 Å². The molecule has 0 amide bonds. The monoisotopic (exact) mass is 350 g/mol. The molecule has 3 aromatic rings. The summed E-state index contributed by atoms with van der Waals surface area (Å²) < 4.78 is 15.4. The van der Waals surface area contributed by atoms with Gasteiger partial charge in [-0.1, -0.05) is 18.6 Å². The highest BCUT2D eigenvalue weighted by molar-refractivity contribution is 5.64. The number of likely N-dealkylation sites (tertiary alicyclic amines) is 1. The molecule has 1 aromatic carbocycles. The van der Waals surface area contributed by atoms with Crippen LogP contribution in [0.3, 0.4) is 0 Å². The van der Waals surface area contributed by atoms with Crippen molar-refractivity contribution in [3.05, 3.63) is 54.2 Å². The van der Waals surface area contributed by atoms with Gasteiger partial charge < -0.3 is 0 Å². The largest absolute Gasteiger partial charge is 0.300 e. The van der Waals surface area contributed by atoms with E-state index >= 15 is 0 Å². The van der Waals surface area contributed by atoms with Crippen LogP contribution in [0.1, 0.15) is 43.8 Å². The molecule has 0 N–H and O–H groups in total. The number of halogens is 1. The molecule has 1 aliphatic heterocycles. The van der Waals surface area contributed by atoms with Gasteiger partial charge in [-0.25, -0.2) is 13.9 Å². The van der Waals surface area contributed by atoms with Crippen molar-refractivity contribution in [1.82, 2.24) is 19.5 Å². The Kier molecular flexibility index (Phi) is 3.97. The number of nitrogens with zero attached hydrogens (tertiary/aromatic N) is 4. The summed E-state index contributed by atoms with van der Waals surface area (Å²) in [5, 5.41) is 4.77. The molecule has 5 heteroatoms. The van der Waals surface area contributed by atoms with Crippen LogP contribution in [0.2, 0.25) is 0 Å². The number of pyridine rings is 1. The first-order chi connectivity index (χ1) is 12.8. The molecular formula is C21H23FN4. The second-order valence-electron chi connectivity index (χ2n) is 7.62. The normalized spacial score (nSPS) is 21.8. The molecule has 134 valence electrons. The molecule has 0 bridgehead atoms. The van der Waals surface area contributed by atoms with Gasteiger partial charge in [-0.15, -0.1) is 0 Å². The van der Waals surface area contributed by atoms with Gasteiger partial charge in [0.05, 0.1) is 0 Å². The van der Waals surface area contributed by atoms with Gasteiger partial charge in [0, 0.05) is 30.3 Å². The van der Waals surface area contributed by atoms with Gasteiger partial charge in [-0.3, -0.25) is 4.90 Å². The zero-order valence-corrected chi connectivity index (χ0v) is 14.8. The smallest absolute Gasteiger partial charge is 0.156 e. The number of piperidine rings is 1. The van der Waals surface area contributed by atoms with E-state index in [0.29, 0.717) is 5.92 Å². The van der Waals surface area contributed by atoms with Crippen molar-refractivity contribution in [1.29, 1.82) is 0 Å². The zero-order valence-electron chi connectivity index (χ0n) is 14.8. The van der Waals surface area contributed by atoms with Crippen molar-refractivity contribution in [3.8, 4) is 11.1 Å². The first-order valence-corrected chi connectivity index (χ1v) is 9.62. The van der Waals surface area contributed by atoms with Crippen molar-refractivity contribution in [2.24, 2.45) is 0 Å². The van der Waals surface area contributed by atoms with E-state index in [1.165, 1.54) is 38.3 Å². The standard InChI is InChI=1S/C21H23FN4/c22-18-6-1-4-15(12-18)16-9-10-20-23-21(24-26(20)14-16)17-5-3-11-25(13-17)19-7-2-8-19/h1,4,6,9-10,12,14,17,19H,2-3,5,7-8,11,13H2/t17-/m0/s1. The van der Waals surface area contributed by atoms with Crippen molar-refractivity contribution >= 4 is 5.65 Å². The summed E-state index contributed by atoms with van der Waals surface area (Å²) in [5.74, 6) is 1.15. The fourth-order valence-corrected chi connectivity index (χ4v) is 4.21. The summed E-state index contributed by atoms with van der Waals surface area (Å²) >= 11 is 0. The van der Waals surface area contributed by atoms with Crippen LogP contribution in [-0.4, -0.2) is 38.6 Å². The first kappa shape index (κ1) is 15.9. The fourth-order valence-electron chi connectivity index (χ4n) is 4.21. The lowest BCUT2D eigenvalue weighted by atomic mass is 9.87. The molecule has 0 radical (unpaired) electrons. The molecule has 2 aromatic heterocycles. The third kappa shape index (κ3) is 2.90. The van der Waals surface area contributed by atoms with Gasteiger partial charge >= 0.3 is 0 Å². The molecule has 2 aliphatic rings. The van der Waals surface area contributed by atoms with E-state index in [4.69, 9.17) is 10.1 Å². The molecule has 0 spiro atoms. The van der Waals surface area contributed by atoms with Gasteiger partial charge in [-0.05, 0) is 62.1 Å². The molecular weight excluding hydrogens is 327 g/mol. The predicted molar refractivity (Wildman–Crippen MR) is 99.6 cm³/mol. The molecule has 1 saturated carbocycles. The van der Waals surface area contributed by atoms with E-state index in [9.17, 15) is 4.39 Å². The van der Waals surface area contributed by atoms with E-state index < -0.39 is 0 Å². The molecule has 5 rings (SSSR count). The molecule has 4 nitrogen and oxygen atoms in total. The Bertz CT molecular complexity index is 931. The fraction of sp³-hybridized carbons (Fsp3) is 0.429. The maximum atomic E-state index is 13.5. The number of benzene rings is 1. The quantitative estimate of drug-likeness (QED) is 0.707. The van der Waals surface area contributed by atoms with Crippen molar-refractivity contribution in [2.45, 2.75) is 44.1 Å². The van der Waals surface area contributed by atoms with Crippen LogP contribution in [0.5, 0.6) is 0 Å². The number of rotatable bonds is 3. The van der Waals surface area contributed by atoms with Crippen molar-refractivity contribution in [2.75, 3.05) is 13.1 Å². The molecule has 2 fully saturated rings. The van der Waals surface area contributed by atoms with Gasteiger partial charge in [0.15, 0.2) is 11.5 Å². The highest BCUT2D eigenvalue weighted by Crippen LogP contribution is 2.32. The average molecular weight is 350 g/mol. The minimum Gasteiger partial charge on any atom is -0.300 e. The number of hydrogen-bond donors (Lipinski definition) is 0. The zero-order chi connectivity index (χ0) is 17.5. The third-order valence-corrected chi connectivity index (χ3v) is 5.91. The second kappa shape index (κ2) is 6.47. The van der Waals surface area contributed by atoms with Gasteiger partial charge in [0.2, 0.25) is 0 Å². The predicted octanol–water partition coefficient (Wildman–Crippen LogP) is 4.27. The molecule has 1 aliphatic carbocycles. The van der Waals surface area contributed by atoms with Crippen LogP contribution in [-0.2, 0) is 0 Å². The molecule has 1 atom stereocenters. The van der Waals surface area contributed by atoms with Gasteiger partial charge in [0.25, 0.3) is 0 Å². The number of aromatic nitrogens is 3. The second-order valence-corrected chi connectivity index (χ2v) is 7.62. The van der Waals surface area contributed by atoms with E-state index in [2.05, 4.69) is 4.90 Å². The van der Waals surface area contributed by atoms with Crippen LogP contribution in [0, 0.1) is 5.82 Å². The Morgan fingerprint density at radius 2 is 1.92 bits per heavy atom. The lowest BCUT2D eigenvalue weighted by Crippen LogP contribution is -2.45. The van der Waals surface area contributed by atoms with E-state index in [-0.39, 0.29) is 5.82 Å². The maximum Gasteiger partial charge on any atom is 0.156 e. The SMILES string of the molecule is Fc1cccc(-c2ccc3nc([C@H]4CCCN(C5CCC5)C4)nn3c2)c1. The van der Waals surface area contributed by atoms with Crippen LogP contribution in [0.25, 0.3) is 16.8 Å². The van der Waals surface area contributed by atoms with E-state index in [0.717, 1.165) is 41.6 Å². The Morgan fingerprint density at radius 1 is 1.00 bits per heavy atom. The van der Waals surface area contributed by atoms with Crippen LogP contribution >= 0.6 is 0 Å². The topological polar surface area (TPSA) is 33.4 Å². The molecule has 0 unspecified atom stereocenters. The number of hydrogen-bond acceptors (Lipinski definition) is 3. The minimum atomic E-state index is -0.222. The van der Waals surface area contributed by atoms with Gasteiger partial charge in [-0.2, -0.15) is 5.10 Å². The summed E-state index contributed by atoms with van der Waals surface area (Å²) in [6, 6.07) is 11.4. The summed E-state index contributed by atoms with van der Waals surface area (Å²) in [7, 11) is 0. The van der Waals surface area contributed by atoms with Gasteiger partial charge in [0.1, 0.15) is 5.82 Å². The Hall–Kier alpha value is -2.27. The molecule has 26 heavy (non-hydrogen) atoms. The highest BCUT2D eigenvalue weighted by Gasteiger charge is 2.31. The van der Waals surface area contributed by atoms with Crippen LogP contribution < -0.4 is 0 Å². The van der Waals surface area contributed by atoms with Crippen molar-refractivity contribution in [3.63, 3.8) is 0 Å².